The van der Waals surface area contributed by atoms with Gasteiger partial charge in [-0.15, -0.1) is 0 Å². The molecule has 0 spiro atoms. The molecule has 0 aliphatic carbocycles. The summed E-state index contributed by atoms with van der Waals surface area (Å²) < 4.78 is 14.9. The van der Waals surface area contributed by atoms with Gasteiger partial charge in [-0.2, -0.15) is 0 Å². The number of ether oxygens (including phenoxy) is 3. The lowest BCUT2D eigenvalue weighted by Gasteiger charge is -2.08. The molecule has 0 atom stereocenters. The van der Waals surface area contributed by atoms with Crippen LogP contribution >= 0.6 is 0 Å². The number of esters is 1. The van der Waals surface area contributed by atoms with E-state index in [0.29, 0.717) is 22.7 Å². The Hall–Kier alpha value is -3.55. The molecule has 2 rings (SSSR count). The lowest BCUT2D eigenvalue weighted by atomic mass is 10.2. The maximum atomic E-state index is 11.9. The summed E-state index contributed by atoms with van der Waals surface area (Å²) in [5, 5.41) is 5.00. The van der Waals surface area contributed by atoms with Crippen molar-refractivity contribution in [2.75, 3.05) is 32.7 Å². The summed E-state index contributed by atoms with van der Waals surface area (Å²) in [6, 6.07) is 13.1. The highest BCUT2D eigenvalue weighted by Gasteiger charge is 2.11. The Balaban J connectivity index is 1.71. The lowest BCUT2D eigenvalue weighted by Crippen LogP contribution is -2.32. The number of carbonyl (C=O) groups excluding carboxylic acids is 3. The predicted molar refractivity (Wildman–Crippen MR) is 97.9 cm³/mol. The van der Waals surface area contributed by atoms with Gasteiger partial charge in [-0.3, -0.25) is 14.4 Å². The number of hydrogen-bond acceptors (Lipinski definition) is 6. The first-order valence-corrected chi connectivity index (χ1v) is 8.03. The van der Waals surface area contributed by atoms with Crippen molar-refractivity contribution in [2.24, 2.45) is 0 Å². The molecule has 2 N–H and O–H groups in total. The molecule has 8 nitrogen and oxygen atoms in total. The first-order chi connectivity index (χ1) is 13.0. The molecule has 2 aromatic rings. The number of rotatable bonds is 8. The van der Waals surface area contributed by atoms with Crippen LogP contribution in [0.3, 0.4) is 0 Å². The van der Waals surface area contributed by atoms with Gasteiger partial charge in [0.05, 0.1) is 14.2 Å². The van der Waals surface area contributed by atoms with Gasteiger partial charge in [0.1, 0.15) is 18.0 Å². The fraction of sp³-hybridized carbons (Fsp3) is 0.211. The van der Waals surface area contributed by atoms with Crippen LogP contribution in [0.1, 0.15) is 10.4 Å². The van der Waals surface area contributed by atoms with Crippen LogP contribution in [-0.2, 0) is 14.3 Å². The van der Waals surface area contributed by atoms with Gasteiger partial charge in [0.15, 0.2) is 6.61 Å². The molecule has 2 amide bonds. The van der Waals surface area contributed by atoms with Crippen LogP contribution in [-0.4, -0.2) is 45.2 Å². The molecule has 0 saturated carbocycles. The number of anilines is 1. The number of benzene rings is 2. The minimum Gasteiger partial charge on any atom is -0.497 e. The number of amides is 2. The van der Waals surface area contributed by atoms with E-state index in [4.69, 9.17) is 14.2 Å². The summed E-state index contributed by atoms with van der Waals surface area (Å²) in [4.78, 5) is 35.4. The van der Waals surface area contributed by atoms with E-state index in [2.05, 4.69) is 10.6 Å². The third-order valence-electron chi connectivity index (χ3n) is 3.48. The fourth-order valence-corrected chi connectivity index (χ4v) is 2.07. The smallest absolute Gasteiger partial charge is 0.325 e. The molecular formula is C19H20N2O6. The molecule has 27 heavy (non-hydrogen) atoms. The van der Waals surface area contributed by atoms with Crippen molar-refractivity contribution in [2.45, 2.75) is 0 Å². The van der Waals surface area contributed by atoms with E-state index in [1.807, 2.05) is 0 Å². The van der Waals surface area contributed by atoms with Crippen molar-refractivity contribution in [1.29, 1.82) is 0 Å². The maximum Gasteiger partial charge on any atom is 0.325 e. The molecule has 0 heterocycles. The van der Waals surface area contributed by atoms with Crippen LogP contribution in [0.2, 0.25) is 0 Å². The maximum absolute atomic E-state index is 11.9. The largest absolute Gasteiger partial charge is 0.497 e. The van der Waals surface area contributed by atoms with E-state index in [9.17, 15) is 14.4 Å². The Morgan fingerprint density at radius 2 is 1.41 bits per heavy atom. The Morgan fingerprint density at radius 1 is 0.852 bits per heavy atom. The van der Waals surface area contributed by atoms with E-state index in [0.717, 1.165) is 0 Å². The Bertz CT molecular complexity index is 787. The summed E-state index contributed by atoms with van der Waals surface area (Å²) in [7, 11) is 3.07. The van der Waals surface area contributed by atoms with Crippen LogP contribution in [0.25, 0.3) is 0 Å². The second kappa shape index (κ2) is 9.81. The van der Waals surface area contributed by atoms with Gasteiger partial charge < -0.3 is 24.8 Å². The molecule has 0 aliphatic rings. The molecule has 0 saturated heterocycles. The van der Waals surface area contributed by atoms with Crippen molar-refractivity contribution in [3.05, 3.63) is 54.1 Å². The fourth-order valence-electron chi connectivity index (χ4n) is 2.07. The zero-order valence-corrected chi connectivity index (χ0v) is 15.0. The van der Waals surface area contributed by atoms with Gasteiger partial charge >= 0.3 is 5.97 Å². The van der Waals surface area contributed by atoms with Crippen LogP contribution in [0.4, 0.5) is 5.69 Å². The van der Waals surface area contributed by atoms with Crippen molar-refractivity contribution >= 4 is 23.5 Å². The number of hydrogen-bond donors (Lipinski definition) is 2. The highest BCUT2D eigenvalue weighted by molar-refractivity contribution is 5.96. The molecule has 0 aromatic heterocycles. The average Bonchev–Trinajstić information content (AvgIpc) is 2.71. The molecule has 0 bridgehead atoms. The van der Waals surface area contributed by atoms with Crippen LogP contribution in [0, 0.1) is 0 Å². The van der Waals surface area contributed by atoms with E-state index in [1.165, 1.54) is 7.11 Å². The zero-order valence-electron chi connectivity index (χ0n) is 15.0. The summed E-state index contributed by atoms with van der Waals surface area (Å²) >= 11 is 0. The summed E-state index contributed by atoms with van der Waals surface area (Å²) in [6.45, 7) is -0.802. The standard InChI is InChI=1S/C19H20N2O6/c1-25-15-7-3-13(4-8-15)19(24)20-11-18(23)27-12-17(22)21-14-5-9-16(26-2)10-6-14/h3-10H,11-12H2,1-2H3,(H,20,24)(H,21,22). The average molecular weight is 372 g/mol. The number of carbonyl (C=O) groups is 3. The topological polar surface area (TPSA) is 103 Å². The molecule has 0 aliphatic heterocycles. The normalized spacial score (nSPS) is 9.85. The third kappa shape index (κ3) is 6.35. The van der Waals surface area contributed by atoms with E-state index in [-0.39, 0.29) is 6.54 Å². The van der Waals surface area contributed by atoms with E-state index < -0.39 is 24.4 Å². The first-order valence-electron chi connectivity index (χ1n) is 8.03. The van der Waals surface area contributed by atoms with E-state index in [1.54, 1.807) is 55.6 Å². The van der Waals surface area contributed by atoms with Gasteiger partial charge in [-0.25, -0.2) is 0 Å². The van der Waals surface area contributed by atoms with E-state index >= 15 is 0 Å². The Kier molecular flexibility index (Phi) is 7.18. The van der Waals surface area contributed by atoms with Crippen LogP contribution in [0.15, 0.2) is 48.5 Å². The second-order valence-corrected chi connectivity index (χ2v) is 5.35. The minimum atomic E-state index is -0.721. The minimum absolute atomic E-state index is 0.347. The molecule has 0 radical (unpaired) electrons. The van der Waals surface area contributed by atoms with Crippen LogP contribution in [0.5, 0.6) is 11.5 Å². The Morgan fingerprint density at radius 3 is 1.96 bits per heavy atom. The molecule has 2 aromatic carbocycles. The number of methoxy groups -OCH3 is 2. The highest BCUT2D eigenvalue weighted by atomic mass is 16.5. The third-order valence-corrected chi connectivity index (χ3v) is 3.48. The van der Waals surface area contributed by atoms with Gasteiger partial charge in [-0.1, -0.05) is 0 Å². The van der Waals surface area contributed by atoms with Gasteiger partial charge in [0.25, 0.3) is 11.8 Å². The second-order valence-electron chi connectivity index (χ2n) is 5.35. The molecular weight excluding hydrogens is 352 g/mol. The van der Waals surface area contributed by atoms with Crippen molar-refractivity contribution in [1.82, 2.24) is 5.32 Å². The Labute approximate surface area is 156 Å². The summed E-state index contributed by atoms with van der Waals surface area (Å²) in [5.41, 5.74) is 0.922. The summed E-state index contributed by atoms with van der Waals surface area (Å²) in [5.74, 6) is -0.366. The van der Waals surface area contributed by atoms with Crippen molar-refractivity contribution in [3.8, 4) is 11.5 Å². The quantitative estimate of drug-likeness (QED) is 0.683. The molecule has 0 unspecified atom stereocenters. The van der Waals surface area contributed by atoms with Crippen molar-refractivity contribution < 1.29 is 28.6 Å². The van der Waals surface area contributed by atoms with Gasteiger partial charge in [-0.05, 0) is 48.5 Å². The zero-order chi connectivity index (χ0) is 19.6. The summed E-state index contributed by atoms with van der Waals surface area (Å²) in [6.07, 6.45) is 0. The number of nitrogens with one attached hydrogen (secondary N) is 2. The first kappa shape index (κ1) is 19.8. The molecule has 8 heteroatoms. The lowest BCUT2D eigenvalue weighted by molar-refractivity contribution is -0.146. The van der Waals surface area contributed by atoms with Crippen LogP contribution < -0.4 is 20.1 Å². The van der Waals surface area contributed by atoms with Crippen molar-refractivity contribution in [3.63, 3.8) is 0 Å². The highest BCUT2D eigenvalue weighted by Crippen LogP contribution is 2.14. The predicted octanol–water partition coefficient (Wildman–Crippen LogP) is 1.62. The van der Waals surface area contributed by atoms with Gasteiger partial charge in [0.2, 0.25) is 0 Å². The van der Waals surface area contributed by atoms with Gasteiger partial charge in [0, 0.05) is 11.3 Å². The molecule has 142 valence electrons. The SMILES string of the molecule is COc1ccc(NC(=O)COC(=O)CNC(=O)c2ccc(OC)cc2)cc1. The monoisotopic (exact) mass is 372 g/mol. The molecule has 0 fully saturated rings.